The van der Waals surface area contributed by atoms with Gasteiger partial charge in [-0.2, -0.15) is 0 Å². The van der Waals surface area contributed by atoms with E-state index in [1.165, 1.54) is 0 Å². The van der Waals surface area contributed by atoms with Crippen LogP contribution in [0.2, 0.25) is 0 Å². The van der Waals surface area contributed by atoms with Crippen molar-refractivity contribution in [3.63, 3.8) is 0 Å². The molecule has 11 heavy (non-hydrogen) atoms. The fourth-order valence-electron chi connectivity index (χ4n) is 2.17. The van der Waals surface area contributed by atoms with Gasteiger partial charge in [0.15, 0.2) is 0 Å². The zero-order valence-electron chi connectivity index (χ0n) is 7.61. The first-order chi connectivity index (χ1) is 5.18. The maximum Gasteiger partial charge on any atom is 0.118 e. The Morgan fingerprint density at radius 1 is 1.36 bits per heavy atom. The van der Waals surface area contributed by atoms with Crippen molar-refractivity contribution in [2.75, 3.05) is 13.3 Å². The van der Waals surface area contributed by atoms with Crippen LogP contribution in [0.4, 0.5) is 4.39 Å². The van der Waals surface area contributed by atoms with E-state index in [-0.39, 0.29) is 12.3 Å². The Morgan fingerprint density at radius 2 is 1.91 bits per heavy atom. The average molecular weight is 160 g/mol. The molecule has 2 heteroatoms. The summed E-state index contributed by atoms with van der Waals surface area (Å²) in [5, 5.41) is 0. The molecular formula is C9H17FO. The molecule has 1 saturated carbocycles. The van der Waals surface area contributed by atoms with Gasteiger partial charge < -0.3 is 4.74 Å². The van der Waals surface area contributed by atoms with Crippen LogP contribution in [-0.2, 0) is 4.74 Å². The lowest BCUT2D eigenvalue weighted by Crippen LogP contribution is -2.44. The molecule has 0 radical (unpaired) electrons. The normalized spacial score (nSPS) is 45.8. The highest BCUT2D eigenvalue weighted by Crippen LogP contribution is 2.57. The summed E-state index contributed by atoms with van der Waals surface area (Å²) in [6, 6.07) is 0. The van der Waals surface area contributed by atoms with Crippen molar-refractivity contribution in [1.82, 2.24) is 0 Å². The molecular weight excluding hydrogens is 143 g/mol. The Morgan fingerprint density at radius 3 is 2.09 bits per heavy atom. The number of ether oxygens (including phenoxy) is 1. The SMILES string of the molecule is CC.CC12COC(CF)(C1)C2. The van der Waals surface area contributed by atoms with Crippen molar-refractivity contribution < 1.29 is 9.13 Å². The standard InChI is InChI=1S/C7H11FO.C2H6/c1-6-2-7(3-6,4-8)9-5-6;1-2/h2-5H2,1H3;1-2H3. The van der Waals surface area contributed by atoms with E-state index >= 15 is 0 Å². The van der Waals surface area contributed by atoms with E-state index in [1.54, 1.807) is 0 Å². The lowest BCUT2D eigenvalue weighted by molar-refractivity contribution is -0.0312. The van der Waals surface area contributed by atoms with Gasteiger partial charge in [0.1, 0.15) is 6.67 Å². The molecule has 66 valence electrons. The van der Waals surface area contributed by atoms with E-state index < -0.39 is 0 Å². The monoisotopic (exact) mass is 160 g/mol. The largest absolute Gasteiger partial charge is 0.372 e. The minimum atomic E-state index is -0.325. The summed E-state index contributed by atoms with van der Waals surface area (Å²) in [5.41, 5.74) is 0.0147. The number of rotatable bonds is 1. The number of hydrogen-bond donors (Lipinski definition) is 0. The molecule has 0 atom stereocenters. The van der Waals surface area contributed by atoms with Crippen molar-refractivity contribution in [3.8, 4) is 0 Å². The third kappa shape index (κ3) is 1.28. The van der Waals surface area contributed by atoms with Gasteiger partial charge in [0, 0.05) is 0 Å². The molecule has 0 unspecified atom stereocenters. The fraction of sp³-hybridized carbons (Fsp3) is 1.00. The van der Waals surface area contributed by atoms with E-state index in [2.05, 4.69) is 6.92 Å². The molecule has 0 aromatic carbocycles. The molecule has 1 aliphatic carbocycles. The van der Waals surface area contributed by atoms with E-state index in [0.717, 1.165) is 19.4 Å². The molecule has 0 amide bonds. The van der Waals surface area contributed by atoms with Gasteiger partial charge in [-0.05, 0) is 18.3 Å². The van der Waals surface area contributed by atoms with E-state index in [4.69, 9.17) is 4.74 Å². The van der Waals surface area contributed by atoms with E-state index in [1.807, 2.05) is 13.8 Å². The summed E-state index contributed by atoms with van der Waals surface area (Å²) >= 11 is 0. The van der Waals surface area contributed by atoms with Gasteiger partial charge in [-0.3, -0.25) is 0 Å². The zero-order chi connectivity index (χ0) is 8.54. The molecule has 0 spiro atoms. The van der Waals surface area contributed by atoms with Gasteiger partial charge in [0.2, 0.25) is 0 Å². The molecule has 0 N–H and O–H groups in total. The minimum Gasteiger partial charge on any atom is -0.372 e. The number of fused-ring (bicyclic) bond motifs is 1. The molecule has 2 aliphatic heterocycles. The summed E-state index contributed by atoms with van der Waals surface area (Å²) in [6.07, 6.45) is 1.88. The van der Waals surface area contributed by atoms with Crippen molar-refractivity contribution in [3.05, 3.63) is 0 Å². The molecule has 2 bridgehead atoms. The average Bonchev–Trinajstić information content (AvgIpc) is 2.46. The Labute approximate surface area is 67.9 Å². The van der Waals surface area contributed by atoms with Crippen LogP contribution < -0.4 is 0 Å². The van der Waals surface area contributed by atoms with Crippen LogP contribution in [0.15, 0.2) is 0 Å². The first kappa shape index (κ1) is 8.98. The summed E-state index contributed by atoms with van der Waals surface area (Å²) in [6.45, 7) is 6.65. The van der Waals surface area contributed by atoms with Crippen molar-refractivity contribution in [1.29, 1.82) is 0 Å². The predicted octanol–water partition coefficient (Wildman–Crippen LogP) is 2.55. The Balaban J connectivity index is 0.000000281. The maximum absolute atomic E-state index is 12.2. The summed E-state index contributed by atoms with van der Waals surface area (Å²) < 4.78 is 17.5. The van der Waals surface area contributed by atoms with Crippen molar-refractivity contribution in [2.45, 2.75) is 39.2 Å². The summed E-state index contributed by atoms with van der Waals surface area (Å²) in [4.78, 5) is 0. The smallest absolute Gasteiger partial charge is 0.118 e. The second-order valence-electron chi connectivity index (χ2n) is 3.77. The van der Waals surface area contributed by atoms with Crippen molar-refractivity contribution >= 4 is 0 Å². The minimum absolute atomic E-state index is 0.289. The Bertz CT molecular complexity index is 138. The second-order valence-corrected chi connectivity index (χ2v) is 3.77. The lowest BCUT2D eigenvalue weighted by Gasteiger charge is -2.40. The Hall–Kier alpha value is -0.110. The first-order valence-electron chi connectivity index (χ1n) is 4.38. The number of halogens is 1. The van der Waals surface area contributed by atoms with Crippen LogP contribution in [0.1, 0.15) is 33.6 Å². The molecule has 0 aromatic heterocycles. The number of alkyl halides is 1. The van der Waals surface area contributed by atoms with Gasteiger partial charge in [-0.15, -0.1) is 0 Å². The van der Waals surface area contributed by atoms with Gasteiger partial charge in [0.05, 0.1) is 12.2 Å². The quantitative estimate of drug-likeness (QED) is 0.572. The highest BCUT2D eigenvalue weighted by Gasteiger charge is 2.59. The van der Waals surface area contributed by atoms with Gasteiger partial charge >= 0.3 is 0 Å². The fourth-order valence-corrected chi connectivity index (χ4v) is 2.17. The Kier molecular flexibility index (Phi) is 2.24. The van der Waals surface area contributed by atoms with E-state index in [0.29, 0.717) is 5.41 Å². The maximum atomic E-state index is 12.2. The van der Waals surface area contributed by atoms with Gasteiger partial charge in [-0.1, -0.05) is 20.8 Å². The second kappa shape index (κ2) is 2.74. The molecule has 3 aliphatic rings. The molecule has 3 fully saturated rings. The van der Waals surface area contributed by atoms with Crippen LogP contribution >= 0.6 is 0 Å². The van der Waals surface area contributed by atoms with Gasteiger partial charge in [-0.25, -0.2) is 4.39 Å². The third-order valence-corrected chi connectivity index (χ3v) is 2.47. The highest BCUT2D eigenvalue weighted by molar-refractivity contribution is 5.08. The summed E-state index contributed by atoms with van der Waals surface area (Å²) in [7, 11) is 0. The third-order valence-electron chi connectivity index (χ3n) is 2.47. The van der Waals surface area contributed by atoms with Crippen molar-refractivity contribution in [2.24, 2.45) is 5.41 Å². The van der Waals surface area contributed by atoms with E-state index in [9.17, 15) is 4.39 Å². The van der Waals surface area contributed by atoms with Crippen LogP contribution in [0.5, 0.6) is 0 Å². The highest BCUT2D eigenvalue weighted by atomic mass is 19.1. The molecule has 0 aromatic rings. The van der Waals surface area contributed by atoms with Gasteiger partial charge in [0.25, 0.3) is 0 Å². The van der Waals surface area contributed by atoms with Crippen LogP contribution in [0, 0.1) is 5.41 Å². The molecule has 1 nitrogen and oxygen atoms in total. The topological polar surface area (TPSA) is 9.23 Å². The van der Waals surface area contributed by atoms with Crippen LogP contribution in [0.3, 0.4) is 0 Å². The molecule has 2 saturated heterocycles. The zero-order valence-corrected chi connectivity index (χ0v) is 7.61. The predicted molar refractivity (Wildman–Crippen MR) is 43.3 cm³/mol. The first-order valence-corrected chi connectivity index (χ1v) is 4.38. The molecule has 2 heterocycles. The van der Waals surface area contributed by atoms with Crippen LogP contribution in [0.25, 0.3) is 0 Å². The molecule has 3 rings (SSSR count). The van der Waals surface area contributed by atoms with Crippen LogP contribution in [-0.4, -0.2) is 18.9 Å². The lowest BCUT2D eigenvalue weighted by atomic mass is 9.64. The summed E-state index contributed by atoms with van der Waals surface area (Å²) in [5.74, 6) is 0. The number of hydrogen-bond acceptors (Lipinski definition) is 1.